The van der Waals surface area contributed by atoms with E-state index in [4.69, 9.17) is 4.42 Å². The van der Waals surface area contributed by atoms with Crippen molar-refractivity contribution in [2.45, 2.75) is 41.5 Å². The van der Waals surface area contributed by atoms with Gasteiger partial charge >= 0.3 is 0 Å². The Labute approximate surface area is 185 Å². The van der Waals surface area contributed by atoms with E-state index in [9.17, 15) is 18.8 Å². The van der Waals surface area contributed by atoms with Crippen LogP contribution in [0.25, 0.3) is 22.3 Å². The van der Waals surface area contributed by atoms with Crippen molar-refractivity contribution < 1.29 is 18.4 Å². The first-order valence-electron chi connectivity index (χ1n) is 10.3. The number of nitrogens with one attached hydrogen (secondary N) is 2. The molecule has 0 spiro atoms. The first kappa shape index (κ1) is 23.2. The summed E-state index contributed by atoms with van der Waals surface area (Å²) in [5.74, 6) is -0.959. The number of benzene rings is 2. The van der Waals surface area contributed by atoms with Crippen LogP contribution in [-0.4, -0.2) is 11.8 Å². The molecule has 2 N–H and O–H groups in total. The van der Waals surface area contributed by atoms with E-state index < -0.39 is 28.0 Å². The maximum Gasteiger partial charge on any atom is 0.229 e. The van der Waals surface area contributed by atoms with Crippen LogP contribution in [-0.2, 0) is 9.59 Å². The number of fused-ring (bicyclic) bond motifs is 1. The van der Waals surface area contributed by atoms with Crippen LogP contribution in [0.4, 0.5) is 15.8 Å². The predicted molar refractivity (Wildman–Crippen MR) is 124 cm³/mol. The molecular formula is C25H27FN2O4. The number of anilines is 2. The van der Waals surface area contributed by atoms with E-state index in [2.05, 4.69) is 10.6 Å². The highest BCUT2D eigenvalue weighted by Crippen LogP contribution is 2.30. The normalized spacial score (nSPS) is 12.0. The van der Waals surface area contributed by atoms with Crippen molar-refractivity contribution in [3.63, 3.8) is 0 Å². The average molecular weight is 438 g/mol. The van der Waals surface area contributed by atoms with Gasteiger partial charge in [0.1, 0.15) is 17.2 Å². The molecule has 3 rings (SSSR count). The van der Waals surface area contributed by atoms with Gasteiger partial charge in [-0.1, -0.05) is 41.5 Å². The van der Waals surface area contributed by atoms with Gasteiger partial charge in [-0.15, -0.1) is 0 Å². The van der Waals surface area contributed by atoms with Crippen LogP contribution >= 0.6 is 0 Å². The second-order valence-electron chi connectivity index (χ2n) is 9.76. The smallest absolute Gasteiger partial charge is 0.229 e. The van der Waals surface area contributed by atoms with Gasteiger partial charge in [-0.05, 0) is 36.4 Å². The Morgan fingerprint density at radius 3 is 1.97 bits per heavy atom. The summed E-state index contributed by atoms with van der Waals surface area (Å²) < 4.78 is 20.3. The van der Waals surface area contributed by atoms with E-state index in [-0.39, 0.29) is 28.3 Å². The molecule has 6 nitrogen and oxygen atoms in total. The van der Waals surface area contributed by atoms with Gasteiger partial charge in [0.2, 0.25) is 11.8 Å². The molecule has 0 unspecified atom stereocenters. The fraction of sp³-hybridized carbons (Fsp3) is 0.320. The number of carbonyl (C=O) groups is 2. The Morgan fingerprint density at radius 1 is 0.844 bits per heavy atom. The van der Waals surface area contributed by atoms with Crippen molar-refractivity contribution in [2.75, 3.05) is 10.6 Å². The molecular weight excluding hydrogens is 411 g/mol. The van der Waals surface area contributed by atoms with Crippen molar-refractivity contribution in [3.8, 4) is 11.3 Å². The van der Waals surface area contributed by atoms with Crippen molar-refractivity contribution in [3.05, 3.63) is 58.5 Å². The second-order valence-corrected chi connectivity index (χ2v) is 9.76. The third-order valence-corrected chi connectivity index (χ3v) is 4.87. The number of halogens is 1. The molecule has 0 aliphatic heterocycles. The molecule has 168 valence electrons. The van der Waals surface area contributed by atoms with E-state index in [0.717, 1.165) is 6.07 Å². The lowest BCUT2D eigenvalue weighted by Gasteiger charge is -2.19. The van der Waals surface area contributed by atoms with Crippen molar-refractivity contribution in [1.29, 1.82) is 0 Å². The molecule has 0 aliphatic rings. The summed E-state index contributed by atoms with van der Waals surface area (Å²) in [6.45, 7) is 10.5. The summed E-state index contributed by atoms with van der Waals surface area (Å²) in [5.41, 5.74) is -0.576. The second kappa shape index (κ2) is 8.22. The third kappa shape index (κ3) is 4.88. The van der Waals surface area contributed by atoms with Crippen LogP contribution in [0.2, 0.25) is 0 Å². The number of hydrogen-bond acceptors (Lipinski definition) is 4. The molecule has 7 heteroatoms. The van der Waals surface area contributed by atoms with Gasteiger partial charge in [0.15, 0.2) is 5.43 Å². The van der Waals surface area contributed by atoms with Gasteiger partial charge in [-0.2, -0.15) is 0 Å². The van der Waals surface area contributed by atoms with Gasteiger partial charge in [-0.25, -0.2) is 4.39 Å². The minimum atomic E-state index is -0.765. The summed E-state index contributed by atoms with van der Waals surface area (Å²) >= 11 is 0. The maximum atomic E-state index is 14.5. The lowest BCUT2D eigenvalue weighted by molar-refractivity contribution is -0.123. The van der Waals surface area contributed by atoms with Gasteiger partial charge < -0.3 is 15.1 Å². The molecule has 0 fully saturated rings. The van der Waals surface area contributed by atoms with Crippen LogP contribution < -0.4 is 16.1 Å². The molecule has 0 saturated carbocycles. The van der Waals surface area contributed by atoms with E-state index in [0.29, 0.717) is 11.3 Å². The fourth-order valence-corrected chi connectivity index (χ4v) is 2.83. The third-order valence-electron chi connectivity index (χ3n) is 4.87. The molecule has 0 atom stereocenters. The Bertz CT molecular complexity index is 1250. The summed E-state index contributed by atoms with van der Waals surface area (Å²) in [7, 11) is 0. The summed E-state index contributed by atoms with van der Waals surface area (Å²) in [4.78, 5) is 37.4. The van der Waals surface area contributed by atoms with Crippen molar-refractivity contribution in [1.82, 2.24) is 0 Å². The molecule has 2 aromatic carbocycles. The predicted octanol–water partition coefficient (Wildman–Crippen LogP) is 5.57. The number of amides is 2. The zero-order chi connectivity index (χ0) is 23.8. The SMILES string of the molecule is CC(C)(C)C(=O)Nc1ccc(-c2cc(=O)c3c(NC(=O)C(C)(C)C)c(F)ccc3o2)cc1. The van der Waals surface area contributed by atoms with Gasteiger partial charge in [0.25, 0.3) is 0 Å². The van der Waals surface area contributed by atoms with E-state index in [1.807, 2.05) is 20.8 Å². The number of rotatable bonds is 3. The van der Waals surface area contributed by atoms with Crippen molar-refractivity contribution in [2.24, 2.45) is 10.8 Å². The number of hydrogen-bond donors (Lipinski definition) is 2. The van der Waals surface area contributed by atoms with Crippen molar-refractivity contribution >= 4 is 34.2 Å². The molecule has 0 radical (unpaired) electrons. The summed E-state index contributed by atoms with van der Waals surface area (Å²) in [6, 6.07) is 10.6. The number of carbonyl (C=O) groups excluding carboxylic acids is 2. The molecule has 0 saturated heterocycles. The lowest BCUT2D eigenvalue weighted by atomic mass is 9.95. The van der Waals surface area contributed by atoms with Gasteiger partial charge in [0, 0.05) is 28.1 Å². The molecule has 1 heterocycles. The summed E-state index contributed by atoms with van der Waals surface area (Å²) in [5, 5.41) is 5.32. The van der Waals surface area contributed by atoms with Gasteiger partial charge in [0.05, 0.1) is 11.1 Å². The molecule has 3 aromatic rings. The lowest BCUT2D eigenvalue weighted by Crippen LogP contribution is -2.28. The fourth-order valence-electron chi connectivity index (χ4n) is 2.83. The van der Waals surface area contributed by atoms with E-state index in [1.165, 1.54) is 12.1 Å². The zero-order valence-corrected chi connectivity index (χ0v) is 19.1. The van der Waals surface area contributed by atoms with Crippen LogP contribution in [0.1, 0.15) is 41.5 Å². The zero-order valence-electron chi connectivity index (χ0n) is 19.1. The first-order valence-corrected chi connectivity index (χ1v) is 10.3. The van der Waals surface area contributed by atoms with Gasteiger partial charge in [-0.3, -0.25) is 14.4 Å². The Morgan fingerprint density at radius 2 is 1.41 bits per heavy atom. The minimum absolute atomic E-state index is 0.0274. The molecule has 32 heavy (non-hydrogen) atoms. The highest BCUT2D eigenvalue weighted by atomic mass is 19.1. The highest BCUT2D eigenvalue weighted by Gasteiger charge is 2.25. The average Bonchev–Trinajstić information content (AvgIpc) is 2.69. The molecule has 0 aliphatic carbocycles. The highest BCUT2D eigenvalue weighted by molar-refractivity contribution is 6.02. The van der Waals surface area contributed by atoms with E-state index in [1.54, 1.807) is 45.0 Å². The largest absolute Gasteiger partial charge is 0.456 e. The first-order chi connectivity index (χ1) is 14.8. The Kier molecular flexibility index (Phi) is 5.96. The molecule has 0 bridgehead atoms. The monoisotopic (exact) mass is 438 g/mol. The Balaban J connectivity index is 1.98. The Hall–Kier alpha value is -3.48. The van der Waals surface area contributed by atoms with E-state index >= 15 is 0 Å². The quantitative estimate of drug-likeness (QED) is 0.560. The summed E-state index contributed by atoms with van der Waals surface area (Å²) in [6.07, 6.45) is 0. The van der Waals surface area contributed by atoms with Crippen LogP contribution in [0.3, 0.4) is 0 Å². The van der Waals surface area contributed by atoms with Crippen LogP contribution in [0.5, 0.6) is 0 Å². The van der Waals surface area contributed by atoms with Crippen LogP contribution in [0, 0.1) is 16.6 Å². The standard InChI is InChI=1S/C25H27FN2O4/c1-24(2,3)22(30)27-15-9-7-14(8-10-15)19-13-17(29)20-18(32-19)12-11-16(26)21(20)28-23(31)25(4,5)6/h7-13H,1-6H3,(H,27,30)(H,28,31). The maximum absolute atomic E-state index is 14.5. The van der Waals surface area contributed by atoms with Crippen LogP contribution in [0.15, 0.2) is 51.7 Å². The topological polar surface area (TPSA) is 88.4 Å². The molecule has 2 amide bonds. The molecule has 1 aromatic heterocycles. The minimum Gasteiger partial charge on any atom is -0.456 e.